The molecule has 0 amide bonds. The molecule has 3 aromatic rings. The topological polar surface area (TPSA) is 39.6 Å². The highest BCUT2D eigenvalue weighted by atomic mass is 14.7. The minimum atomic E-state index is 0.535. The Balaban J connectivity index is 0.000000187. The standard InChI is InChI=1S/2C12H15N/c1-8(2)12-9(3)4-5-11-10(12)6-7-13-11;1-8(2)12-9(3)5-11(7-13)6-10(12)4/h4-8,13H,1-3H3;5-6,8H,1-4H3. The summed E-state index contributed by atoms with van der Waals surface area (Å²) in [6.07, 6.45) is 2.01. The smallest absolute Gasteiger partial charge is 0.0991 e. The van der Waals surface area contributed by atoms with Gasteiger partial charge in [-0.2, -0.15) is 5.26 Å². The Kier molecular flexibility index (Phi) is 6.27. The fourth-order valence-electron chi connectivity index (χ4n) is 3.98. The van der Waals surface area contributed by atoms with Gasteiger partial charge in [-0.1, -0.05) is 33.8 Å². The summed E-state index contributed by atoms with van der Waals surface area (Å²) in [7, 11) is 0. The summed E-state index contributed by atoms with van der Waals surface area (Å²) in [5.41, 5.74) is 8.70. The molecule has 1 aromatic heterocycles. The second kappa shape index (κ2) is 8.23. The highest BCUT2D eigenvalue weighted by molar-refractivity contribution is 5.84. The van der Waals surface area contributed by atoms with E-state index in [1.54, 1.807) is 0 Å². The first kappa shape index (κ1) is 19.8. The minimum absolute atomic E-state index is 0.535. The van der Waals surface area contributed by atoms with Crippen LogP contribution in [0.2, 0.25) is 0 Å². The number of aryl methyl sites for hydroxylation is 3. The molecule has 0 bridgehead atoms. The van der Waals surface area contributed by atoms with Crippen LogP contribution in [0, 0.1) is 32.1 Å². The molecule has 136 valence electrons. The van der Waals surface area contributed by atoms with Gasteiger partial charge in [-0.05, 0) is 84.7 Å². The predicted molar refractivity (Wildman–Crippen MR) is 112 cm³/mol. The van der Waals surface area contributed by atoms with E-state index >= 15 is 0 Å². The molecule has 0 spiro atoms. The average molecular weight is 347 g/mol. The molecule has 0 unspecified atom stereocenters. The monoisotopic (exact) mass is 346 g/mol. The van der Waals surface area contributed by atoms with Crippen LogP contribution in [-0.4, -0.2) is 4.98 Å². The van der Waals surface area contributed by atoms with Gasteiger partial charge in [0, 0.05) is 17.1 Å². The van der Waals surface area contributed by atoms with Crippen molar-refractivity contribution in [3.8, 4) is 6.07 Å². The van der Waals surface area contributed by atoms with Crippen LogP contribution in [0.1, 0.15) is 72.9 Å². The van der Waals surface area contributed by atoms with Gasteiger partial charge in [-0.15, -0.1) is 0 Å². The zero-order valence-electron chi connectivity index (χ0n) is 17.1. The van der Waals surface area contributed by atoms with Crippen molar-refractivity contribution in [1.82, 2.24) is 4.98 Å². The van der Waals surface area contributed by atoms with Gasteiger partial charge >= 0.3 is 0 Å². The summed E-state index contributed by atoms with van der Waals surface area (Å²) in [6.45, 7) is 15.2. The van der Waals surface area contributed by atoms with Crippen LogP contribution in [0.15, 0.2) is 36.5 Å². The summed E-state index contributed by atoms with van der Waals surface area (Å²) in [6, 6.07) is 12.6. The third-order valence-corrected chi connectivity index (χ3v) is 4.87. The average Bonchev–Trinajstić information content (AvgIpc) is 3.02. The van der Waals surface area contributed by atoms with E-state index in [-0.39, 0.29) is 0 Å². The van der Waals surface area contributed by atoms with Crippen molar-refractivity contribution in [2.24, 2.45) is 0 Å². The highest BCUT2D eigenvalue weighted by Gasteiger charge is 2.09. The lowest BCUT2D eigenvalue weighted by molar-refractivity contribution is 0.846. The van der Waals surface area contributed by atoms with E-state index in [9.17, 15) is 0 Å². The van der Waals surface area contributed by atoms with Crippen LogP contribution in [0.5, 0.6) is 0 Å². The van der Waals surface area contributed by atoms with Crippen LogP contribution < -0.4 is 0 Å². The molecule has 26 heavy (non-hydrogen) atoms. The molecule has 0 aliphatic rings. The van der Waals surface area contributed by atoms with Gasteiger partial charge in [0.25, 0.3) is 0 Å². The van der Waals surface area contributed by atoms with Gasteiger partial charge in [-0.25, -0.2) is 0 Å². The number of nitrogens with zero attached hydrogens (tertiary/aromatic N) is 1. The molecule has 0 atom stereocenters. The van der Waals surface area contributed by atoms with Crippen molar-refractivity contribution in [2.75, 3.05) is 0 Å². The third-order valence-electron chi connectivity index (χ3n) is 4.87. The number of hydrogen-bond donors (Lipinski definition) is 1. The van der Waals surface area contributed by atoms with E-state index in [2.05, 4.69) is 77.7 Å². The van der Waals surface area contributed by atoms with Gasteiger partial charge in [0.1, 0.15) is 0 Å². The Hall–Kier alpha value is -2.53. The number of fused-ring (bicyclic) bond motifs is 1. The van der Waals surface area contributed by atoms with Gasteiger partial charge < -0.3 is 4.98 Å². The largest absolute Gasteiger partial charge is 0.361 e. The minimum Gasteiger partial charge on any atom is -0.361 e. The molecule has 0 saturated heterocycles. The summed E-state index contributed by atoms with van der Waals surface area (Å²) in [4.78, 5) is 3.24. The number of nitrogens with one attached hydrogen (secondary N) is 1. The first-order chi connectivity index (χ1) is 12.3. The van der Waals surface area contributed by atoms with Gasteiger partial charge in [0.2, 0.25) is 0 Å². The second-order valence-corrected chi connectivity index (χ2v) is 7.68. The van der Waals surface area contributed by atoms with Crippen LogP contribution in [0.25, 0.3) is 10.9 Å². The molecule has 0 fully saturated rings. The third kappa shape index (κ3) is 4.17. The van der Waals surface area contributed by atoms with Crippen molar-refractivity contribution in [2.45, 2.75) is 60.3 Å². The summed E-state index contributed by atoms with van der Waals surface area (Å²) < 4.78 is 0. The molecule has 0 aliphatic carbocycles. The van der Waals surface area contributed by atoms with Gasteiger partial charge in [0.05, 0.1) is 11.6 Å². The molecule has 0 radical (unpaired) electrons. The zero-order valence-corrected chi connectivity index (χ0v) is 17.1. The fourth-order valence-corrected chi connectivity index (χ4v) is 3.98. The molecule has 1 heterocycles. The molecule has 2 nitrogen and oxygen atoms in total. The van der Waals surface area contributed by atoms with Crippen molar-refractivity contribution >= 4 is 10.9 Å². The zero-order chi connectivity index (χ0) is 19.4. The lowest BCUT2D eigenvalue weighted by Gasteiger charge is -2.13. The normalized spacial score (nSPS) is 10.8. The number of benzene rings is 2. The van der Waals surface area contributed by atoms with E-state index in [4.69, 9.17) is 5.26 Å². The summed E-state index contributed by atoms with van der Waals surface area (Å²) >= 11 is 0. The fraction of sp³-hybridized carbons (Fsp3) is 0.375. The van der Waals surface area contributed by atoms with E-state index in [0.29, 0.717) is 11.8 Å². The first-order valence-corrected chi connectivity index (χ1v) is 9.34. The predicted octanol–water partition coefficient (Wildman–Crippen LogP) is 6.90. The molecular weight excluding hydrogens is 316 g/mol. The van der Waals surface area contributed by atoms with Crippen LogP contribution in [0.4, 0.5) is 0 Å². The van der Waals surface area contributed by atoms with Crippen molar-refractivity contribution in [1.29, 1.82) is 5.26 Å². The maximum Gasteiger partial charge on any atom is 0.0991 e. The molecule has 1 N–H and O–H groups in total. The lowest BCUT2D eigenvalue weighted by Crippen LogP contribution is -1.97. The number of rotatable bonds is 2. The maximum absolute atomic E-state index is 8.77. The molecule has 2 aromatic carbocycles. The Labute approximate surface area is 157 Å². The molecular formula is C24H30N2. The Morgan fingerprint density at radius 1 is 0.808 bits per heavy atom. The quantitative estimate of drug-likeness (QED) is 0.538. The molecule has 0 aliphatic heterocycles. The lowest BCUT2D eigenvalue weighted by atomic mass is 9.92. The number of aromatic nitrogens is 1. The van der Waals surface area contributed by atoms with E-state index in [0.717, 1.165) is 5.56 Å². The van der Waals surface area contributed by atoms with Gasteiger partial charge in [-0.3, -0.25) is 0 Å². The van der Waals surface area contributed by atoms with Gasteiger partial charge in [0.15, 0.2) is 0 Å². The van der Waals surface area contributed by atoms with Crippen LogP contribution in [-0.2, 0) is 0 Å². The first-order valence-electron chi connectivity index (χ1n) is 9.34. The Bertz CT molecular complexity index is 913. The number of hydrogen-bond acceptors (Lipinski definition) is 1. The number of H-pyrrole nitrogens is 1. The molecule has 2 heteroatoms. The number of aromatic amines is 1. The SMILES string of the molecule is Cc1cc(C#N)cc(C)c1C(C)C.Cc1ccc2[nH]ccc2c1C(C)C. The van der Waals surface area contributed by atoms with Crippen LogP contribution >= 0.6 is 0 Å². The maximum atomic E-state index is 8.77. The van der Waals surface area contributed by atoms with E-state index in [1.807, 2.05) is 18.3 Å². The summed E-state index contributed by atoms with van der Waals surface area (Å²) in [5.74, 6) is 1.13. The van der Waals surface area contributed by atoms with E-state index in [1.165, 1.54) is 38.7 Å². The molecule has 0 saturated carbocycles. The van der Waals surface area contributed by atoms with Crippen LogP contribution in [0.3, 0.4) is 0 Å². The summed E-state index contributed by atoms with van der Waals surface area (Å²) in [5, 5.41) is 10.1. The Morgan fingerprint density at radius 3 is 1.88 bits per heavy atom. The Morgan fingerprint density at radius 2 is 1.38 bits per heavy atom. The van der Waals surface area contributed by atoms with E-state index < -0.39 is 0 Å². The number of nitriles is 1. The highest BCUT2D eigenvalue weighted by Crippen LogP contribution is 2.27. The molecule has 3 rings (SSSR count). The van der Waals surface area contributed by atoms with Crippen molar-refractivity contribution in [3.05, 3.63) is 69.9 Å². The second-order valence-electron chi connectivity index (χ2n) is 7.68. The van der Waals surface area contributed by atoms with Crippen molar-refractivity contribution < 1.29 is 0 Å². The van der Waals surface area contributed by atoms with Crippen molar-refractivity contribution in [3.63, 3.8) is 0 Å².